The van der Waals surface area contributed by atoms with Crippen molar-refractivity contribution in [3.05, 3.63) is 82.4 Å². The maximum Gasteiger partial charge on any atom is 0.251 e. The molecule has 0 aliphatic heterocycles. The second kappa shape index (κ2) is 8.03. The molecule has 0 atom stereocenters. The summed E-state index contributed by atoms with van der Waals surface area (Å²) in [6.45, 7) is 4.91. The van der Waals surface area contributed by atoms with Crippen LogP contribution < -0.4 is 10.1 Å². The van der Waals surface area contributed by atoms with Crippen molar-refractivity contribution in [2.45, 2.75) is 26.9 Å². The van der Waals surface area contributed by atoms with Crippen molar-refractivity contribution in [3.63, 3.8) is 0 Å². The van der Waals surface area contributed by atoms with Gasteiger partial charge in [-0.2, -0.15) is 5.10 Å². The third-order valence-electron chi connectivity index (χ3n) is 4.55. The maximum atomic E-state index is 13.8. The number of nitrogens with zero attached hydrogens (tertiary/aromatic N) is 2. The van der Waals surface area contributed by atoms with Gasteiger partial charge in [0.05, 0.1) is 19.3 Å². The van der Waals surface area contributed by atoms with Crippen LogP contribution >= 0.6 is 0 Å². The van der Waals surface area contributed by atoms with Gasteiger partial charge in [0.2, 0.25) is 0 Å². The summed E-state index contributed by atoms with van der Waals surface area (Å²) in [6, 6.07) is 14.2. The average molecular weight is 367 g/mol. The van der Waals surface area contributed by atoms with Crippen LogP contribution in [0.15, 0.2) is 48.5 Å². The zero-order chi connectivity index (χ0) is 19.4. The molecule has 2 aromatic carbocycles. The first-order valence-corrected chi connectivity index (χ1v) is 8.68. The maximum absolute atomic E-state index is 13.8. The van der Waals surface area contributed by atoms with Gasteiger partial charge in [-0.1, -0.05) is 30.3 Å². The third kappa shape index (κ3) is 4.16. The number of hydrogen-bond acceptors (Lipinski definition) is 3. The molecule has 27 heavy (non-hydrogen) atoms. The topological polar surface area (TPSA) is 56.1 Å². The SMILES string of the molecule is COc1ccc(C(=O)NCc2c(C)nn(Cc3ccccc3)c2C)cc1F. The molecular formula is C21H22FN3O2. The van der Waals surface area contributed by atoms with E-state index >= 15 is 0 Å². The molecule has 0 spiro atoms. The number of rotatable bonds is 6. The molecule has 0 fully saturated rings. The molecule has 140 valence electrons. The molecule has 0 saturated heterocycles. The van der Waals surface area contributed by atoms with Crippen LogP contribution in [-0.2, 0) is 13.1 Å². The number of methoxy groups -OCH3 is 1. The standard InChI is InChI=1S/C21H22FN3O2/c1-14-18(15(2)25(24-14)13-16-7-5-4-6-8-16)12-23-21(26)17-9-10-20(27-3)19(22)11-17/h4-11H,12-13H2,1-3H3,(H,23,26). The second-order valence-corrected chi connectivity index (χ2v) is 6.32. The Morgan fingerprint density at radius 1 is 1.19 bits per heavy atom. The summed E-state index contributed by atoms with van der Waals surface area (Å²) in [6.07, 6.45) is 0. The molecule has 1 heterocycles. The number of benzene rings is 2. The molecule has 3 rings (SSSR count). The lowest BCUT2D eigenvalue weighted by atomic mass is 10.1. The number of aromatic nitrogens is 2. The van der Waals surface area contributed by atoms with Crippen LogP contribution in [-0.4, -0.2) is 22.8 Å². The summed E-state index contributed by atoms with van der Waals surface area (Å²) in [4.78, 5) is 12.3. The van der Waals surface area contributed by atoms with Gasteiger partial charge in [0.25, 0.3) is 5.91 Å². The van der Waals surface area contributed by atoms with E-state index < -0.39 is 5.82 Å². The molecular weight excluding hydrogens is 345 g/mol. The highest BCUT2D eigenvalue weighted by molar-refractivity contribution is 5.94. The van der Waals surface area contributed by atoms with E-state index in [0.717, 1.165) is 22.5 Å². The van der Waals surface area contributed by atoms with Crippen LogP contribution in [0, 0.1) is 19.7 Å². The average Bonchev–Trinajstić information content (AvgIpc) is 2.93. The summed E-state index contributed by atoms with van der Waals surface area (Å²) in [5.74, 6) is -0.792. The number of carbonyl (C=O) groups excluding carboxylic acids is 1. The van der Waals surface area contributed by atoms with Crippen molar-refractivity contribution in [3.8, 4) is 5.75 Å². The molecule has 0 saturated carbocycles. The molecule has 1 aromatic heterocycles. The van der Waals surface area contributed by atoms with Crippen LogP contribution in [0.25, 0.3) is 0 Å². The first-order chi connectivity index (χ1) is 13.0. The molecule has 6 heteroatoms. The fourth-order valence-electron chi connectivity index (χ4n) is 2.98. The Kier molecular flexibility index (Phi) is 5.54. The number of ether oxygens (including phenoxy) is 1. The highest BCUT2D eigenvalue weighted by Crippen LogP contribution is 2.18. The Bertz CT molecular complexity index is 952. The smallest absolute Gasteiger partial charge is 0.251 e. The minimum atomic E-state index is -0.562. The van der Waals surface area contributed by atoms with Gasteiger partial charge in [0.1, 0.15) is 0 Å². The third-order valence-corrected chi connectivity index (χ3v) is 4.55. The van der Waals surface area contributed by atoms with Crippen molar-refractivity contribution >= 4 is 5.91 Å². The molecule has 0 bridgehead atoms. The van der Waals surface area contributed by atoms with Gasteiger partial charge in [-0.25, -0.2) is 4.39 Å². The second-order valence-electron chi connectivity index (χ2n) is 6.32. The van der Waals surface area contributed by atoms with E-state index in [1.54, 1.807) is 0 Å². The zero-order valence-electron chi connectivity index (χ0n) is 15.6. The van der Waals surface area contributed by atoms with Gasteiger partial charge < -0.3 is 10.1 Å². The van der Waals surface area contributed by atoms with E-state index in [4.69, 9.17) is 4.74 Å². The van der Waals surface area contributed by atoms with E-state index in [-0.39, 0.29) is 17.2 Å². The first-order valence-electron chi connectivity index (χ1n) is 8.68. The molecule has 0 aliphatic carbocycles. The van der Waals surface area contributed by atoms with Crippen LogP contribution in [0.1, 0.15) is 32.9 Å². The quantitative estimate of drug-likeness (QED) is 0.724. The van der Waals surface area contributed by atoms with Gasteiger partial charge in [-0.3, -0.25) is 9.48 Å². The first kappa shape index (κ1) is 18.6. The van der Waals surface area contributed by atoms with E-state index in [0.29, 0.717) is 13.1 Å². The highest BCUT2D eigenvalue weighted by Gasteiger charge is 2.14. The van der Waals surface area contributed by atoms with Crippen LogP contribution in [0.2, 0.25) is 0 Å². The van der Waals surface area contributed by atoms with E-state index in [9.17, 15) is 9.18 Å². The van der Waals surface area contributed by atoms with Crippen molar-refractivity contribution in [2.75, 3.05) is 7.11 Å². The normalized spacial score (nSPS) is 10.7. The Hall–Kier alpha value is -3.15. The van der Waals surface area contributed by atoms with Gasteiger partial charge in [0.15, 0.2) is 11.6 Å². The van der Waals surface area contributed by atoms with Crippen molar-refractivity contribution < 1.29 is 13.9 Å². The number of nitrogens with one attached hydrogen (secondary N) is 1. The summed E-state index contributed by atoms with van der Waals surface area (Å²) >= 11 is 0. The van der Waals surface area contributed by atoms with Crippen LogP contribution in [0.4, 0.5) is 4.39 Å². The zero-order valence-corrected chi connectivity index (χ0v) is 15.6. The van der Waals surface area contributed by atoms with Crippen molar-refractivity contribution in [1.82, 2.24) is 15.1 Å². The number of hydrogen-bond donors (Lipinski definition) is 1. The van der Waals surface area contributed by atoms with Gasteiger partial charge >= 0.3 is 0 Å². The largest absolute Gasteiger partial charge is 0.494 e. The molecule has 0 unspecified atom stereocenters. The predicted molar refractivity (Wildman–Crippen MR) is 101 cm³/mol. The fourth-order valence-corrected chi connectivity index (χ4v) is 2.98. The predicted octanol–water partition coefficient (Wildman–Crippen LogP) is 3.63. The highest BCUT2D eigenvalue weighted by atomic mass is 19.1. The van der Waals surface area contributed by atoms with Crippen LogP contribution in [0.5, 0.6) is 5.75 Å². The lowest BCUT2D eigenvalue weighted by molar-refractivity contribution is 0.0950. The number of amides is 1. The molecule has 0 aliphatic rings. The summed E-state index contributed by atoms with van der Waals surface area (Å²) < 4.78 is 20.6. The van der Waals surface area contributed by atoms with E-state index in [2.05, 4.69) is 22.5 Å². The van der Waals surface area contributed by atoms with Crippen LogP contribution in [0.3, 0.4) is 0 Å². The molecule has 5 nitrogen and oxygen atoms in total. The Morgan fingerprint density at radius 2 is 1.93 bits per heavy atom. The molecule has 1 amide bonds. The van der Waals surface area contributed by atoms with Gasteiger partial charge in [-0.15, -0.1) is 0 Å². The lowest BCUT2D eigenvalue weighted by Gasteiger charge is -2.08. The van der Waals surface area contributed by atoms with E-state index in [1.165, 1.54) is 25.3 Å². The fraction of sp³-hybridized carbons (Fsp3) is 0.238. The lowest BCUT2D eigenvalue weighted by Crippen LogP contribution is -2.23. The Morgan fingerprint density at radius 3 is 2.59 bits per heavy atom. The number of aryl methyl sites for hydroxylation is 1. The Balaban J connectivity index is 1.71. The van der Waals surface area contributed by atoms with E-state index in [1.807, 2.05) is 36.7 Å². The molecule has 3 aromatic rings. The summed E-state index contributed by atoms with van der Waals surface area (Å²) in [5, 5.41) is 7.42. The monoisotopic (exact) mass is 367 g/mol. The van der Waals surface area contributed by atoms with Gasteiger partial charge in [-0.05, 0) is 37.6 Å². The Labute approximate surface area is 157 Å². The summed E-state index contributed by atoms with van der Waals surface area (Å²) in [7, 11) is 1.39. The molecule has 1 N–H and O–H groups in total. The van der Waals surface area contributed by atoms with Gasteiger partial charge in [0, 0.05) is 23.4 Å². The minimum Gasteiger partial charge on any atom is -0.494 e. The number of halogens is 1. The molecule has 0 radical (unpaired) electrons. The van der Waals surface area contributed by atoms with Crippen molar-refractivity contribution in [1.29, 1.82) is 0 Å². The summed E-state index contributed by atoms with van der Waals surface area (Å²) in [5.41, 5.74) is 4.24. The minimum absolute atomic E-state index is 0.112. The number of carbonyl (C=O) groups is 1. The van der Waals surface area contributed by atoms with Crippen molar-refractivity contribution in [2.24, 2.45) is 0 Å².